The van der Waals surface area contributed by atoms with Crippen LogP contribution in [0, 0.1) is 5.92 Å². The van der Waals surface area contributed by atoms with Gasteiger partial charge in [0.1, 0.15) is 0 Å². The molecule has 0 fully saturated rings. The molecular weight excluding hydrogens is 284 g/mol. The normalized spacial score (nSPS) is 11.5. The Balaban J connectivity index is 2.10. The van der Waals surface area contributed by atoms with Crippen molar-refractivity contribution in [2.75, 3.05) is 6.54 Å². The maximum Gasteiger partial charge on any atom is 0.0868 e. The minimum absolute atomic E-state index is 0.659. The largest absolute Gasteiger partial charge is 0.344 e. The maximum atomic E-state index is 6.43. The molecule has 0 saturated carbocycles. The van der Waals surface area contributed by atoms with E-state index in [1.165, 1.54) is 5.69 Å². The van der Waals surface area contributed by atoms with Crippen LogP contribution in [0.2, 0.25) is 5.02 Å². The van der Waals surface area contributed by atoms with Crippen LogP contribution in [-0.2, 0) is 26.6 Å². The summed E-state index contributed by atoms with van der Waals surface area (Å²) in [5.74, 6) is 0.659. The molecule has 0 aliphatic rings. The average Bonchev–Trinajstić information content (AvgIpc) is 2.98. The third-order valence-corrected chi connectivity index (χ3v) is 4.04. The Kier molecular flexibility index (Phi) is 5.48. The van der Waals surface area contributed by atoms with Gasteiger partial charge in [0.15, 0.2) is 0 Å². The Morgan fingerprint density at radius 1 is 1.38 bits per heavy atom. The molecule has 0 spiro atoms. The van der Waals surface area contributed by atoms with Crippen molar-refractivity contribution in [2.24, 2.45) is 13.0 Å². The summed E-state index contributed by atoms with van der Waals surface area (Å²) in [6.07, 6.45) is 2.96. The van der Waals surface area contributed by atoms with E-state index in [1.54, 1.807) is 0 Å². The lowest BCUT2D eigenvalue weighted by Crippen LogP contribution is -2.21. The van der Waals surface area contributed by atoms with Crippen LogP contribution in [0.25, 0.3) is 0 Å². The lowest BCUT2D eigenvalue weighted by Gasteiger charge is -2.12. The van der Waals surface area contributed by atoms with Crippen molar-refractivity contribution in [3.63, 3.8) is 0 Å². The highest BCUT2D eigenvalue weighted by molar-refractivity contribution is 6.31. The lowest BCUT2D eigenvalue weighted by atomic mass is 10.2. The summed E-state index contributed by atoms with van der Waals surface area (Å²) in [5, 5.41) is 8.76. The summed E-state index contributed by atoms with van der Waals surface area (Å²) in [6, 6.07) is 4.23. The Hall–Kier alpha value is -1.26. The first-order valence-electron chi connectivity index (χ1n) is 7.57. The quantitative estimate of drug-likeness (QED) is 0.852. The van der Waals surface area contributed by atoms with E-state index < -0.39 is 0 Å². The molecule has 1 N–H and O–H groups in total. The SMILES string of the molecule is CCc1nn(C)c(Cn2cccc2CNCC(C)C)c1Cl. The first kappa shape index (κ1) is 16.1. The number of hydrogen-bond donors (Lipinski definition) is 1. The van der Waals surface area contributed by atoms with Gasteiger partial charge in [0.25, 0.3) is 0 Å². The first-order valence-corrected chi connectivity index (χ1v) is 7.95. The number of aromatic nitrogens is 3. The molecule has 0 radical (unpaired) electrons. The van der Waals surface area contributed by atoms with E-state index in [0.717, 1.165) is 42.5 Å². The van der Waals surface area contributed by atoms with E-state index in [9.17, 15) is 0 Å². The van der Waals surface area contributed by atoms with E-state index in [-0.39, 0.29) is 0 Å². The van der Waals surface area contributed by atoms with Crippen LogP contribution >= 0.6 is 11.6 Å². The molecule has 21 heavy (non-hydrogen) atoms. The predicted molar refractivity (Wildman–Crippen MR) is 87.7 cm³/mol. The van der Waals surface area contributed by atoms with E-state index in [1.807, 2.05) is 11.7 Å². The van der Waals surface area contributed by atoms with Gasteiger partial charge in [-0.1, -0.05) is 32.4 Å². The lowest BCUT2D eigenvalue weighted by molar-refractivity contribution is 0.536. The van der Waals surface area contributed by atoms with Gasteiger partial charge >= 0.3 is 0 Å². The second kappa shape index (κ2) is 7.14. The van der Waals surface area contributed by atoms with E-state index in [2.05, 4.69) is 54.1 Å². The molecule has 0 amide bonds. The zero-order chi connectivity index (χ0) is 15.4. The molecule has 0 aromatic carbocycles. The highest BCUT2D eigenvalue weighted by Crippen LogP contribution is 2.22. The van der Waals surface area contributed by atoms with Crippen LogP contribution in [0.3, 0.4) is 0 Å². The van der Waals surface area contributed by atoms with E-state index in [0.29, 0.717) is 5.92 Å². The summed E-state index contributed by atoms with van der Waals surface area (Å²) >= 11 is 6.43. The first-order chi connectivity index (χ1) is 10.0. The van der Waals surface area contributed by atoms with Gasteiger partial charge in [-0.05, 0) is 31.0 Å². The Morgan fingerprint density at radius 2 is 2.14 bits per heavy atom. The fourth-order valence-electron chi connectivity index (χ4n) is 2.41. The van der Waals surface area contributed by atoms with Crippen LogP contribution in [0.5, 0.6) is 0 Å². The number of nitrogens with one attached hydrogen (secondary N) is 1. The van der Waals surface area contributed by atoms with Gasteiger partial charge in [-0.15, -0.1) is 0 Å². The van der Waals surface area contributed by atoms with Crippen LogP contribution in [-0.4, -0.2) is 20.9 Å². The van der Waals surface area contributed by atoms with Crippen LogP contribution in [0.4, 0.5) is 0 Å². The highest BCUT2D eigenvalue weighted by Gasteiger charge is 2.14. The highest BCUT2D eigenvalue weighted by atomic mass is 35.5. The van der Waals surface area contributed by atoms with Gasteiger partial charge in [0.2, 0.25) is 0 Å². The Bertz CT molecular complexity index is 583. The summed E-state index contributed by atoms with van der Waals surface area (Å²) in [5.41, 5.74) is 3.31. The smallest absolute Gasteiger partial charge is 0.0868 e. The number of rotatable bonds is 7. The standard InChI is InChI=1S/C16H25ClN4/c1-5-14-16(17)15(20(4)19-14)11-21-8-6-7-13(21)10-18-9-12(2)3/h6-8,12,18H,5,9-11H2,1-4H3. The molecule has 2 rings (SSSR count). The third-order valence-electron chi connectivity index (χ3n) is 3.61. The third kappa shape index (κ3) is 3.89. The van der Waals surface area contributed by atoms with Crippen LogP contribution < -0.4 is 5.32 Å². The average molecular weight is 309 g/mol. The second-order valence-corrected chi connectivity index (χ2v) is 6.21. The predicted octanol–water partition coefficient (Wildman–Crippen LogP) is 3.23. The fraction of sp³-hybridized carbons (Fsp3) is 0.562. The van der Waals surface area contributed by atoms with Gasteiger partial charge in [0.05, 0.1) is 23.0 Å². The zero-order valence-corrected chi connectivity index (χ0v) is 14.1. The molecule has 116 valence electrons. The summed E-state index contributed by atoms with van der Waals surface area (Å²) in [7, 11) is 1.96. The molecule has 0 aliphatic heterocycles. The van der Waals surface area contributed by atoms with Crippen LogP contribution in [0.15, 0.2) is 18.3 Å². The molecule has 5 heteroatoms. The van der Waals surface area contributed by atoms with Crippen molar-refractivity contribution in [2.45, 2.75) is 40.3 Å². The second-order valence-electron chi connectivity index (χ2n) is 5.84. The summed E-state index contributed by atoms with van der Waals surface area (Å²) in [4.78, 5) is 0. The van der Waals surface area contributed by atoms with Gasteiger partial charge in [-0.3, -0.25) is 4.68 Å². The molecule has 0 saturated heterocycles. The molecule has 2 heterocycles. The number of aryl methyl sites for hydroxylation is 2. The van der Waals surface area contributed by atoms with Crippen molar-refractivity contribution >= 4 is 11.6 Å². The summed E-state index contributed by atoms with van der Waals surface area (Å²) < 4.78 is 4.13. The van der Waals surface area contributed by atoms with Crippen molar-refractivity contribution in [1.82, 2.24) is 19.7 Å². The Labute approximate surface area is 132 Å². The van der Waals surface area contributed by atoms with Gasteiger partial charge in [-0.25, -0.2) is 0 Å². The van der Waals surface area contributed by atoms with Gasteiger partial charge in [-0.2, -0.15) is 5.10 Å². The molecule has 2 aromatic rings. The molecule has 4 nitrogen and oxygen atoms in total. The van der Waals surface area contributed by atoms with Crippen LogP contribution in [0.1, 0.15) is 37.9 Å². The molecule has 2 aromatic heterocycles. The van der Waals surface area contributed by atoms with Crippen molar-refractivity contribution < 1.29 is 0 Å². The molecular formula is C16H25ClN4. The monoisotopic (exact) mass is 308 g/mol. The molecule has 0 aliphatic carbocycles. The van der Waals surface area contributed by atoms with Gasteiger partial charge < -0.3 is 9.88 Å². The zero-order valence-electron chi connectivity index (χ0n) is 13.4. The Morgan fingerprint density at radius 3 is 2.76 bits per heavy atom. The number of halogens is 1. The number of hydrogen-bond acceptors (Lipinski definition) is 2. The minimum atomic E-state index is 0.659. The van der Waals surface area contributed by atoms with Crippen molar-refractivity contribution in [3.8, 4) is 0 Å². The van der Waals surface area contributed by atoms with E-state index >= 15 is 0 Å². The molecule has 0 bridgehead atoms. The van der Waals surface area contributed by atoms with Gasteiger partial charge in [0, 0.05) is 25.5 Å². The van der Waals surface area contributed by atoms with E-state index in [4.69, 9.17) is 11.6 Å². The minimum Gasteiger partial charge on any atom is -0.344 e. The van der Waals surface area contributed by atoms with Crippen molar-refractivity contribution in [1.29, 1.82) is 0 Å². The maximum absolute atomic E-state index is 6.43. The number of nitrogens with zero attached hydrogens (tertiary/aromatic N) is 3. The molecule has 0 unspecified atom stereocenters. The fourth-order valence-corrected chi connectivity index (χ4v) is 2.76. The topological polar surface area (TPSA) is 34.8 Å². The summed E-state index contributed by atoms with van der Waals surface area (Å²) in [6.45, 7) is 9.17. The molecule has 0 atom stereocenters. The van der Waals surface area contributed by atoms with Crippen molar-refractivity contribution in [3.05, 3.63) is 40.4 Å².